The first kappa shape index (κ1) is 12.8. The van der Waals surface area contributed by atoms with Crippen molar-refractivity contribution in [3.63, 3.8) is 0 Å². The van der Waals surface area contributed by atoms with Crippen LogP contribution in [0.2, 0.25) is 0 Å². The van der Waals surface area contributed by atoms with Gasteiger partial charge in [-0.3, -0.25) is 0 Å². The first-order valence-corrected chi connectivity index (χ1v) is 5.98. The Morgan fingerprint density at radius 1 is 1.33 bits per heavy atom. The molecule has 0 aliphatic rings. The largest absolute Gasteiger partial charge is 0.388 e. The summed E-state index contributed by atoms with van der Waals surface area (Å²) in [5, 5.41) is 10.3. The molecule has 1 aromatic carbocycles. The SMILES string of the molecule is CC(O)(CCc1ccc(F)cc1)Cn1ccnc1. The van der Waals surface area contributed by atoms with E-state index in [-0.39, 0.29) is 5.82 Å². The molecule has 1 atom stereocenters. The number of aromatic nitrogens is 2. The molecule has 3 nitrogen and oxygen atoms in total. The smallest absolute Gasteiger partial charge is 0.123 e. The highest BCUT2D eigenvalue weighted by atomic mass is 19.1. The van der Waals surface area contributed by atoms with Gasteiger partial charge in [-0.05, 0) is 37.5 Å². The zero-order valence-corrected chi connectivity index (χ0v) is 10.4. The van der Waals surface area contributed by atoms with Crippen molar-refractivity contribution in [2.24, 2.45) is 0 Å². The molecule has 0 saturated heterocycles. The number of benzene rings is 1. The Morgan fingerprint density at radius 3 is 2.67 bits per heavy atom. The number of nitrogens with zero attached hydrogens (tertiary/aromatic N) is 2. The number of halogens is 1. The minimum absolute atomic E-state index is 0.232. The Hall–Kier alpha value is -1.68. The summed E-state index contributed by atoms with van der Waals surface area (Å²) in [7, 11) is 0. The van der Waals surface area contributed by atoms with Gasteiger partial charge in [0.15, 0.2) is 0 Å². The molecule has 0 radical (unpaired) electrons. The molecular weight excluding hydrogens is 231 g/mol. The fourth-order valence-electron chi connectivity index (χ4n) is 1.92. The Balaban J connectivity index is 1.90. The predicted octanol–water partition coefficient (Wildman–Crippen LogP) is 2.41. The highest BCUT2D eigenvalue weighted by molar-refractivity contribution is 5.16. The summed E-state index contributed by atoms with van der Waals surface area (Å²) in [4.78, 5) is 3.94. The molecule has 18 heavy (non-hydrogen) atoms. The fraction of sp³-hybridized carbons (Fsp3) is 0.357. The summed E-state index contributed by atoms with van der Waals surface area (Å²) in [6, 6.07) is 6.39. The fourth-order valence-corrected chi connectivity index (χ4v) is 1.92. The van der Waals surface area contributed by atoms with E-state index in [1.54, 1.807) is 31.6 Å². The number of aliphatic hydroxyl groups is 1. The highest BCUT2D eigenvalue weighted by Gasteiger charge is 2.20. The van der Waals surface area contributed by atoms with E-state index in [9.17, 15) is 9.50 Å². The van der Waals surface area contributed by atoms with Crippen molar-refractivity contribution in [3.05, 3.63) is 54.4 Å². The van der Waals surface area contributed by atoms with Crippen molar-refractivity contribution in [1.29, 1.82) is 0 Å². The zero-order valence-electron chi connectivity index (χ0n) is 10.4. The van der Waals surface area contributed by atoms with Gasteiger partial charge in [-0.15, -0.1) is 0 Å². The van der Waals surface area contributed by atoms with Gasteiger partial charge in [-0.1, -0.05) is 12.1 Å². The lowest BCUT2D eigenvalue weighted by molar-refractivity contribution is 0.0334. The first-order chi connectivity index (χ1) is 8.55. The molecule has 0 aliphatic heterocycles. The standard InChI is InChI=1S/C14H17FN2O/c1-14(18,10-17-9-8-16-11-17)7-6-12-2-4-13(15)5-3-12/h2-5,8-9,11,18H,6-7,10H2,1H3. The molecule has 4 heteroatoms. The molecular formula is C14H17FN2O. The minimum atomic E-state index is -0.797. The lowest BCUT2D eigenvalue weighted by Gasteiger charge is -2.23. The lowest BCUT2D eigenvalue weighted by Crippen LogP contribution is -2.30. The second kappa shape index (κ2) is 5.31. The zero-order chi connectivity index (χ0) is 13.0. The lowest BCUT2D eigenvalue weighted by atomic mass is 9.97. The third kappa shape index (κ3) is 3.67. The van der Waals surface area contributed by atoms with Crippen molar-refractivity contribution in [1.82, 2.24) is 9.55 Å². The van der Waals surface area contributed by atoms with E-state index in [1.807, 2.05) is 10.8 Å². The van der Waals surface area contributed by atoms with Gasteiger partial charge in [0.25, 0.3) is 0 Å². The maximum absolute atomic E-state index is 12.8. The maximum atomic E-state index is 12.8. The molecule has 2 aromatic rings. The van der Waals surface area contributed by atoms with Gasteiger partial charge in [-0.2, -0.15) is 0 Å². The predicted molar refractivity (Wildman–Crippen MR) is 67.6 cm³/mol. The van der Waals surface area contributed by atoms with Crippen molar-refractivity contribution in [2.75, 3.05) is 0 Å². The van der Waals surface area contributed by atoms with Crippen LogP contribution in [0.25, 0.3) is 0 Å². The average Bonchev–Trinajstić information content (AvgIpc) is 2.80. The molecule has 1 aromatic heterocycles. The van der Waals surface area contributed by atoms with Crippen LogP contribution in [0.5, 0.6) is 0 Å². The average molecular weight is 248 g/mol. The third-order valence-corrected chi connectivity index (χ3v) is 2.95. The molecule has 1 heterocycles. The molecule has 0 spiro atoms. The first-order valence-electron chi connectivity index (χ1n) is 5.98. The summed E-state index contributed by atoms with van der Waals surface area (Å²) in [6.07, 6.45) is 6.55. The van der Waals surface area contributed by atoms with Gasteiger partial charge in [0, 0.05) is 12.4 Å². The van der Waals surface area contributed by atoms with E-state index < -0.39 is 5.60 Å². The number of aryl methyl sites for hydroxylation is 1. The van der Waals surface area contributed by atoms with Gasteiger partial charge in [0.05, 0.1) is 18.5 Å². The van der Waals surface area contributed by atoms with Crippen LogP contribution in [0.1, 0.15) is 18.9 Å². The van der Waals surface area contributed by atoms with Gasteiger partial charge in [0.1, 0.15) is 5.82 Å². The second-order valence-electron chi connectivity index (χ2n) is 4.86. The summed E-state index contributed by atoms with van der Waals surface area (Å²) in [5.41, 5.74) is 0.233. The van der Waals surface area contributed by atoms with Crippen LogP contribution in [0.3, 0.4) is 0 Å². The normalized spacial score (nSPS) is 14.4. The quantitative estimate of drug-likeness (QED) is 0.882. The summed E-state index contributed by atoms with van der Waals surface area (Å²) < 4.78 is 14.6. The van der Waals surface area contributed by atoms with E-state index in [4.69, 9.17) is 0 Å². The maximum Gasteiger partial charge on any atom is 0.123 e. The molecule has 0 fully saturated rings. The van der Waals surface area contributed by atoms with Crippen LogP contribution >= 0.6 is 0 Å². The Morgan fingerprint density at radius 2 is 2.06 bits per heavy atom. The van der Waals surface area contributed by atoms with Crippen LogP contribution in [-0.4, -0.2) is 20.3 Å². The number of imidazole rings is 1. The van der Waals surface area contributed by atoms with E-state index in [0.29, 0.717) is 13.0 Å². The van der Waals surface area contributed by atoms with Crippen LogP contribution in [0.15, 0.2) is 43.0 Å². The molecule has 2 rings (SSSR count). The van der Waals surface area contributed by atoms with Gasteiger partial charge < -0.3 is 9.67 Å². The summed E-state index contributed by atoms with van der Waals surface area (Å²) in [5.74, 6) is -0.232. The molecule has 0 aliphatic carbocycles. The Bertz CT molecular complexity index is 477. The second-order valence-corrected chi connectivity index (χ2v) is 4.86. The third-order valence-electron chi connectivity index (χ3n) is 2.95. The molecule has 0 amide bonds. The van der Waals surface area contributed by atoms with Crippen LogP contribution in [0, 0.1) is 5.82 Å². The highest BCUT2D eigenvalue weighted by Crippen LogP contribution is 2.16. The van der Waals surface area contributed by atoms with Crippen molar-refractivity contribution in [3.8, 4) is 0 Å². The van der Waals surface area contributed by atoms with Crippen molar-refractivity contribution >= 4 is 0 Å². The number of hydrogen-bond donors (Lipinski definition) is 1. The molecule has 0 bridgehead atoms. The summed E-state index contributed by atoms with van der Waals surface area (Å²) in [6.45, 7) is 2.31. The summed E-state index contributed by atoms with van der Waals surface area (Å²) >= 11 is 0. The number of hydrogen-bond acceptors (Lipinski definition) is 2. The van der Waals surface area contributed by atoms with Gasteiger partial charge in [-0.25, -0.2) is 9.37 Å². The monoisotopic (exact) mass is 248 g/mol. The Labute approximate surface area is 106 Å². The van der Waals surface area contributed by atoms with E-state index >= 15 is 0 Å². The van der Waals surface area contributed by atoms with E-state index in [0.717, 1.165) is 12.0 Å². The van der Waals surface area contributed by atoms with Gasteiger partial charge >= 0.3 is 0 Å². The van der Waals surface area contributed by atoms with Crippen LogP contribution in [-0.2, 0) is 13.0 Å². The van der Waals surface area contributed by atoms with Crippen LogP contribution in [0.4, 0.5) is 4.39 Å². The number of rotatable bonds is 5. The van der Waals surface area contributed by atoms with E-state index in [2.05, 4.69) is 4.98 Å². The molecule has 1 N–H and O–H groups in total. The van der Waals surface area contributed by atoms with E-state index in [1.165, 1.54) is 12.1 Å². The van der Waals surface area contributed by atoms with Crippen molar-refractivity contribution in [2.45, 2.75) is 31.9 Å². The Kier molecular flexibility index (Phi) is 3.77. The van der Waals surface area contributed by atoms with Crippen molar-refractivity contribution < 1.29 is 9.50 Å². The van der Waals surface area contributed by atoms with Gasteiger partial charge in [0.2, 0.25) is 0 Å². The van der Waals surface area contributed by atoms with Crippen LogP contribution < -0.4 is 0 Å². The molecule has 96 valence electrons. The topological polar surface area (TPSA) is 38.0 Å². The minimum Gasteiger partial charge on any atom is -0.388 e. The molecule has 1 unspecified atom stereocenters. The molecule has 0 saturated carbocycles.